The number of aryl methyl sites for hydroxylation is 1. The average molecular weight is 398 g/mol. The molecule has 8 heteroatoms. The van der Waals surface area contributed by atoms with Crippen LogP contribution in [0.2, 0.25) is 0 Å². The van der Waals surface area contributed by atoms with E-state index >= 15 is 0 Å². The molecular formula is C21H26N4O4. The van der Waals surface area contributed by atoms with Gasteiger partial charge in [-0.2, -0.15) is 0 Å². The van der Waals surface area contributed by atoms with Crippen molar-refractivity contribution in [3.05, 3.63) is 51.7 Å². The van der Waals surface area contributed by atoms with Gasteiger partial charge in [0.15, 0.2) is 11.5 Å². The number of aromatic amines is 1. The Morgan fingerprint density at radius 3 is 2.83 bits per heavy atom. The van der Waals surface area contributed by atoms with Crippen LogP contribution in [-0.2, 0) is 4.79 Å². The van der Waals surface area contributed by atoms with Gasteiger partial charge in [-0.15, -0.1) is 0 Å². The molecule has 3 heterocycles. The maximum Gasteiger partial charge on any atom is 0.251 e. The third-order valence-corrected chi connectivity index (χ3v) is 5.49. The van der Waals surface area contributed by atoms with Gasteiger partial charge in [-0.1, -0.05) is 6.07 Å². The molecule has 1 N–H and O–H groups in total. The zero-order valence-corrected chi connectivity index (χ0v) is 17.0. The number of likely N-dealkylation sites (N-methyl/N-ethyl adjacent to an activating group) is 1. The van der Waals surface area contributed by atoms with Crippen molar-refractivity contribution in [3.63, 3.8) is 0 Å². The summed E-state index contributed by atoms with van der Waals surface area (Å²) in [5.74, 6) is 2.07. The number of rotatable bonds is 4. The van der Waals surface area contributed by atoms with E-state index in [1.165, 1.54) is 0 Å². The quantitative estimate of drug-likeness (QED) is 0.845. The lowest BCUT2D eigenvalue weighted by atomic mass is 9.93. The first-order valence-corrected chi connectivity index (χ1v) is 9.85. The Hall–Kier alpha value is -2.87. The number of carbonyl (C=O) groups is 1. The van der Waals surface area contributed by atoms with Crippen molar-refractivity contribution < 1.29 is 14.3 Å². The molecular weight excluding hydrogens is 372 g/mol. The van der Waals surface area contributed by atoms with Gasteiger partial charge >= 0.3 is 0 Å². The summed E-state index contributed by atoms with van der Waals surface area (Å²) in [6.45, 7) is 3.24. The number of carbonyl (C=O) groups excluding carboxylic acids is 1. The average Bonchev–Trinajstić information content (AvgIpc) is 3.15. The van der Waals surface area contributed by atoms with E-state index in [1.54, 1.807) is 13.0 Å². The molecule has 1 aromatic heterocycles. The summed E-state index contributed by atoms with van der Waals surface area (Å²) in [6.07, 6.45) is 1.79. The predicted octanol–water partition coefficient (Wildman–Crippen LogP) is 1.82. The number of aromatic nitrogens is 2. The molecule has 1 amide bonds. The second kappa shape index (κ2) is 7.87. The van der Waals surface area contributed by atoms with E-state index in [2.05, 4.69) is 9.97 Å². The maximum atomic E-state index is 13.5. The molecule has 8 nitrogen and oxygen atoms in total. The van der Waals surface area contributed by atoms with Crippen molar-refractivity contribution in [2.75, 3.05) is 34.0 Å². The molecule has 1 saturated heterocycles. The Balaban J connectivity index is 1.57. The van der Waals surface area contributed by atoms with E-state index in [9.17, 15) is 9.59 Å². The summed E-state index contributed by atoms with van der Waals surface area (Å²) < 4.78 is 10.9. The van der Waals surface area contributed by atoms with Crippen LogP contribution in [0.15, 0.2) is 29.1 Å². The molecule has 154 valence electrons. The van der Waals surface area contributed by atoms with Crippen molar-refractivity contribution in [3.8, 4) is 11.5 Å². The highest BCUT2D eigenvalue weighted by Crippen LogP contribution is 2.36. The monoisotopic (exact) mass is 398 g/mol. The minimum Gasteiger partial charge on any atom is -0.454 e. The van der Waals surface area contributed by atoms with E-state index < -0.39 is 6.04 Å². The topological polar surface area (TPSA) is 87.8 Å². The van der Waals surface area contributed by atoms with Crippen LogP contribution in [0.4, 0.5) is 0 Å². The summed E-state index contributed by atoms with van der Waals surface area (Å²) in [6, 6.07) is 6.78. The van der Waals surface area contributed by atoms with Crippen LogP contribution >= 0.6 is 0 Å². The number of piperidine rings is 1. The number of hydrogen-bond donors (Lipinski definition) is 1. The van der Waals surface area contributed by atoms with Crippen molar-refractivity contribution in [2.24, 2.45) is 0 Å². The fourth-order valence-electron chi connectivity index (χ4n) is 4.15. The molecule has 29 heavy (non-hydrogen) atoms. The van der Waals surface area contributed by atoms with E-state index in [4.69, 9.17) is 9.47 Å². The largest absolute Gasteiger partial charge is 0.454 e. The molecule has 2 aromatic rings. The van der Waals surface area contributed by atoms with Crippen LogP contribution in [0.25, 0.3) is 0 Å². The van der Waals surface area contributed by atoms with E-state index in [0.717, 1.165) is 24.1 Å². The number of hydrogen-bond acceptors (Lipinski definition) is 6. The molecule has 0 bridgehead atoms. The summed E-state index contributed by atoms with van der Waals surface area (Å²) in [4.78, 5) is 36.3. The molecule has 0 aliphatic carbocycles. The lowest BCUT2D eigenvalue weighted by molar-refractivity contribution is -0.137. The summed E-state index contributed by atoms with van der Waals surface area (Å²) in [5.41, 5.74) is 1.48. The van der Waals surface area contributed by atoms with Gasteiger partial charge in [-0.05, 0) is 51.6 Å². The normalized spacial score (nSPS) is 19.4. The molecule has 1 fully saturated rings. The van der Waals surface area contributed by atoms with Crippen LogP contribution in [0.3, 0.4) is 0 Å². The predicted molar refractivity (Wildman–Crippen MR) is 107 cm³/mol. The number of benzene rings is 1. The number of H-pyrrole nitrogens is 1. The Morgan fingerprint density at radius 2 is 2.07 bits per heavy atom. The van der Waals surface area contributed by atoms with Crippen LogP contribution in [-0.4, -0.2) is 59.7 Å². The van der Waals surface area contributed by atoms with Gasteiger partial charge in [0.2, 0.25) is 12.7 Å². The van der Waals surface area contributed by atoms with Crippen LogP contribution in [0, 0.1) is 6.92 Å². The number of fused-ring (bicyclic) bond motifs is 1. The zero-order valence-electron chi connectivity index (χ0n) is 17.0. The Morgan fingerprint density at radius 1 is 1.28 bits per heavy atom. The summed E-state index contributed by atoms with van der Waals surface area (Å²) in [7, 11) is 3.80. The van der Waals surface area contributed by atoms with Gasteiger partial charge in [0, 0.05) is 25.1 Å². The summed E-state index contributed by atoms with van der Waals surface area (Å²) >= 11 is 0. The number of nitrogens with zero attached hydrogens (tertiary/aromatic N) is 3. The van der Waals surface area contributed by atoms with Gasteiger partial charge in [0.05, 0.1) is 5.69 Å². The second-order valence-corrected chi connectivity index (χ2v) is 7.86. The standard InChI is InChI=1S/C21H26N4O4/c1-13-22-16(10-19(26)23-13)15-5-4-8-25(11-15)21(27)20(24(2)3)14-6-7-17-18(9-14)29-12-28-17/h6-7,9-10,15,20H,4-5,8,11-12H2,1-3H3,(H,22,23,26). The first-order valence-electron chi connectivity index (χ1n) is 9.85. The van der Waals surface area contributed by atoms with Gasteiger partial charge < -0.3 is 19.4 Å². The van der Waals surface area contributed by atoms with Crippen LogP contribution in [0.5, 0.6) is 11.5 Å². The van der Waals surface area contributed by atoms with E-state index in [0.29, 0.717) is 30.4 Å². The number of nitrogens with one attached hydrogen (secondary N) is 1. The SMILES string of the molecule is Cc1nc(C2CCCN(C(=O)C(c3ccc4c(c3)OCO4)N(C)C)C2)cc(=O)[nH]1. The van der Waals surface area contributed by atoms with Gasteiger partial charge in [-0.3, -0.25) is 14.5 Å². The molecule has 2 aliphatic heterocycles. The minimum absolute atomic E-state index is 0.0418. The molecule has 1 aromatic carbocycles. The minimum atomic E-state index is -0.419. The van der Waals surface area contributed by atoms with Gasteiger partial charge in [0.25, 0.3) is 5.56 Å². The molecule has 2 atom stereocenters. The van der Waals surface area contributed by atoms with Gasteiger partial charge in [-0.25, -0.2) is 4.98 Å². The molecule has 2 unspecified atom stereocenters. The Bertz CT molecular complexity index is 971. The fourth-order valence-corrected chi connectivity index (χ4v) is 4.15. The Kier molecular flexibility index (Phi) is 5.27. The first-order chi connectivity index (χ1) is 13.9. The first kappa shape index (κ1) is 19.4. The molecule has 0 spiro atoms. The maximum absolute atomic E-state index is 13.5. The third-order valence-electron chi connectivity index (χ3n) is 5.49. The van der Waals surface area contributed by atoms with Crippen LogP contribution in [0.1, 0.15) is 41.9 Å². The van der Waals surface area contributed by atoms with E-state index in [1.807, 2.05) is 42.1 Å². The Labute approximate surface area is 169 Å². The summed E-state index contributed by atoms with van der Waals surface area (Å²) in [5, 5.41) is 0. The highest BCUT2D eigenvalue weighted by molar-refractivity contribution is 5.83. The zero-order chi connectivity index (χ0) is 20.5. The van der Waals surface area contributed by atoms with Crippen molar-refractivity contribution in [1.29, 1.82) is 0 Å². The number of likely N-dealkylation sites (tertiary alicyclic amines) is 1. The highest BCUT2D eigenvalue weighted by atomic mass is 16.7. The van der Waals surface area contributed by atoms with Crippen LogP contribution < -0.4 is 15.0 Å². The lowest BCUT2D eigenvalue weighted by Gasteiger charge is -2.36. The second-order valence-electron chi connectivity index (χ2n) is 7.86. The number of amides is 1. The van der Waals surface area contributed by atoms with E-state index in [-0.39, 0.29) is 24.2 Å². The van der Waals surface area contributed by atoms with Crippen molar-refractivity contribution in [1.82, 2.24) is 19.8 Å². The van der Waals surface area contributed by atoms with Crippen molar-refractivity contribution >= 4 is 5.91 Å². The highest BCUT2D eigenvalue weighted by Gasteiger charge is 2.33. The fraction of sp³-hybridized carbons (Fsp3) is 0.476. The lowest BCUT2D eigenvalue weighted by Crippen LogP contribution is -2.45. The number of ether oxygens (including phenoxy) is 2. The molecule has 0 radical (unpaired) electrons. The van der Waals surface area contributed by atoms with Gasteiger partial charge in [0.1, 0.15) is 11.9 Å². The molecule has 0 saturated carbocycles. The molecule has 2 aliphatic rings. The van der Waals surface area contributed by atoms with Crippen molar-refractivity contribution in [2.45, 2.75) is 31.7 Å². The third kappa shape index (κ3) is 3.98. The smallest absolute Gasteiger partial charge is 0.251 e. The molecule has 4 rings (SSSR count).